The van der Waals surface area contributed by atoms with Crippen LogP contribution < -0.4 is 0 Å². The van der Waals surface area contributed by atoms with Crippen molar-refractivity contribution in [2.45, 2.75) is 37.2 Å². The molecule has 0 radical (unpaired) electrons. The number of carbonyl (C=O) groups excluding carboxylic acids is 1. The maximum absolute atomic E-state index is 12.6. The first-order valence-electron chi connectivity index (χ1n) is 6.75. The lowest BCUT2D eigenvalue weighted by molar-refractivity contribution is -0.137. The molecule has 1 saturated heterocycles. The number of rotatable bonds is 2. The maximum Gasteiger partial charge on any atom is 0.233 e. The summed E-state index contributed by atoms with van der Waals surface area (Å²) in [5, 5.41) is 9.69. The van der Waals surface area contributed by atoms with Crippen LogP contribution in [0.5, 0.6) is 0 Å². The second-order valence-electron chi connectivity index (χ2n) is 5.50. The molecule has 96 valence electrons. The van der Waals surface area contributed by atoms with Crippen LogP contribution in [0.2, 0.25) is 0 Å². The molecule has 0 aromatic heterocycles. The van der Waals surface area contributed by atoms with Crippen molar-refractivity contribution in [3.05, 3.63) is 35.9 Å². The van der Waals surface area contributed by atoms with E-state index in [1.54, 1.807) is 0 Å². The number of amides is 1. The molecule has 1 aromatic rings. The minimum absolute atomic E-state index is 0.215. The highest BCUT2D eigenvalue weighted by Gasteiger charge is 2.53. The summed E-state index contributed by atoms with van der Waals surface area (Å²) in [4.78, 5) is 14.5. The van der Waals surface area contributed by atoms with Gasteiger partial charge in [-0.25, -0.2) is 0 Å². The van der Waals surface area contributed by atoms with Gasteiger partial charge in [-0.2, -0.15) is 0 Å². The summed E-state index contributed by atoms with van der Waals surface area (Å²) in [7, 11) is 0. The Labute approximate surface area is 107 Å². The number of piperidine rings is 1. The molecule has 1 aromatic carbocycles. The van der Waals surface area contributed by atoms with Gasteiger partial charge in [0.2, 0.25) is 5.91 Å². The van der Waals surface area contributed by atoms with Crippen LogP contribution >= 0.6 is 0 Å². The minimum atomic E-state index is -0.339. The first kappa shape index (κ1) is 11.7. The number of nitrogens with zero attached hydrogens (tertiary/aromatic N) is 1. The topological polar surface area (TPSA) is 40.5 Å². The van der Waals surface area contributed by atoms with Gasteiger partial charge >= 0.3 is 0 Å². The van der Waals surface area contributed by atoms with E-state index in [0.29, 0.717) is 6.54 Å². The van der Waals surface area contributed by atoms with E-state index in [1.807, 2.05) is 35.2 Å². The zero-order valence-corrected chi connectivity index (χ0v) is 10.5. The quantitative estimate of drug-likeness (QED) is 0.861. The molecule has 2 aliphatic rings. The molecular formula is C15H19NO2. The Morgan fingerprint density at radius 1 is 1.28 bits per heavy atom. The number of benzene rings is 1. The first-order valence-corrected chi connectivity index (χ1v) is 6.75. The van der Waals surface area contributed by atoms with Crippen molar-refractivity contribution in [1.29, 1.82) is 0 Å². The van der Waals surface area contributed by atoms with E-state index in [4.69, 9.17) is 0 Å². The third-order valence-electron chi connectivity index (χ3n) is 4.17. The molecule has 1 aliphatic carbocycles. The van der Waals surface area contributed by atoms with Crippen molar-refractivity contribution in [3.63, 3.8) is 0 Å². The lowest BCUT2D eigenvalue weighted by Crippen LogP contribution is -2.46. The fraction of sp³-hybridized carbons (Fsp3) is 0.533. The molecule has 3 nitrogen and oxygen atoms in total. The second kappa shape index (κ2) is 4.39. The average molecular weight is 245 g/mol. The van der Waals surface area contributed by atoms with Gasteiger partial charge in [-0.15, -0.1) is 0 Å². The van der Waals surface area contributed by atoms with Gasteiger partial charge in [0.1, 0.15) is 0 Å². The Hall–Kier alpha value is -1.35. The van der Waals surface area contributed by atoms with Crippen LogP contribution in [0.25, 0.3) is 0 Å². The molecule has 1 N–H and O–H groups in total. The Bertz CT molecular complexity index is 439. The highest BCUT2D eigenvalue weighted by molar-refractivity contribution is 5.91. The summed E-state index contributed by atoms with van der Waals surface area (Å²) < 4.78 is 0. The molecular weight excluding hydrogens is 226 g/mol. The van der Waals surface area contributed by atoms with Crippen molar-refractivity contribution in [2.75, 3.05) is 13.1 Å². The Balaban J connectivity index is 1.80. The van der Waals surface area contributed by atoms with Crippen LogP contribution in [-0.2, 0) is 10.2 Å². The van der Waals surface area contributed by atoms with Gasteiger partial charge in [0, 0.05) is 13.1 Å². The fourth-order valence-corrected chi connectivity index (χ4v) is 2.95. The largest absolute Gasteiger partial charge is 0.391 e. The minimum Gasteiger partial charge on any atom is -0.391 e. The van der Waals surface area contributed by atoms with Gasteiger partial charge in [-0.05, 0) is 31.2 Å². The van der Waals surface area contributed by atoms with E-state index in [9.17, 15) is 9.90 Å². The number of hydrogen-bond donors (Lipinski definition) is 1. The van der Waals surface area contributed by atoms with Crippen LogP contribution in [-0.4, -0.2) is 35.1 Å². The molecule has 2 fully saturated rings. The second-order valence-corrected chi connectivity index (χ2v) is 5.50. The Morgan fingerprint density at radius 2 is 2.00 bits per heavy atom. The molecule has 1 atom stereocenters. The molecule has 1 unspecified atom stereocenters. The number of hydrogen-bond acceptors (Lipinski definition) is 2. The van der Waals surface area contributed by atoms with Gasteiger partial charge in [-0.1, -0.05) is 30.3 Å². The monoisotopic (exact) mass is 245 g/mol. The Morgan fingerprint density at radius 3 is 2.61 bits per heavy atom. The van der Waals surface area contributed by atoms with Gasteiger partial charge in [0.05, 0.1) is 11.5 Å². The summed E-state index contributed by atoms with van der Waals surface area (Å²) in [6, 6.07) is 10.1. The van der Waals surface area contributed by atoms with Gasteiger partial charge in [-0.3, -0.25) is 4.79 Å². The molecule has 0 spiro atoms. The van der Waals surface area contributed by atoms with E-state index < -0.39 is 0 Å². The molecule has 1 amide bonds. The highest BCUT2D eigenvalue weighted by atomic mass is 16.3. The van der Waals surface area contributed by atoms with Crippen molar-refractivity contribution in [1.82, 2.24) is 4.90 Å². The smallest absolute Gasteiger partial charge is 0.233 e. The first-order chi connectivity index (χ1) is 8.72. The number of likely N-dealkylation sites (tertiary alicyclic amines) is 1. The zero-order chi connectivity index (χ0) is 12.6. The third kappa shape index (κ3) is 1.93. The number of carbonyl (C=O) groups is 1. The predicted molar refractivity (Wildman–Crippen MR) is 69.2 cm³/mol. The Kier molecular flexibility index (Phi) is 2.86. The lowest BCUT2D eigenvalue weighted by Gasteiger charge is -2.33. The van der Waals surface area contributed by atoms with Gasteiger partial charge < -0.3 is 10.0 Å². The van der Waals surface area contributed by atoms with Gasteiger partial charge in [0.15, 0.2) is 0 Å². The summed E-state index contributed by atoms with van der Waals surface area (Å²) in [6.07, 6.45) is 3.29. The number of aliphatic hydroxyl groups is 1. The van der Waals surface area contributed by atoms with E-state index in [0.717, 1.165) is 37.8 Å². The van der Waals surface area contributed by atoms with Gasteiger partial charge in [0.25, 0.3) is 0 Å². The van der Waals surface area contributed by atoms with Crippen LogP contribution in [0.4, 0.5) is 0 Å². The highest BCUT2D eigenvalue weighted by Crippen LogP contribution is 2.49. The summed E-state index contributed by atoms with van der Waals surface area (Å²) in [6.45, 7) is 1.30. The summed E-state index contributed by atoms with van der Waals surface area (Å²) >= 11 is 0. The van der Waals surface area contributed by atoms with Crippen LogP contribution in [0.3, 0.4) is 0 Å². The molecule has 18 heavy (non-hydrogen) atoms. The average Bonchev–Trinajstić information content (AvgIpc) is 3.20. The van der Waals surface area contributed by atoms with Crippen LogP contribution in [0.1, 0.15) is 31.2 Å². The standard InChI is InChI=1S/C15H19NO2/c17-13-7-4-10-16(11-13)14(18)15(8-9-15)12-5-2-1-3-6-12/h1-3,5-6,13,17H,4,7-11H2. The third-order valence-corrected chi connectivity index (χ3v) is 4.17. The number of β-amino-alcohol motifs (C(OH)–C–C–N with tert-alkyl or cyclic N) is 1. The summed E-state index contributed by atoms with van der Waals surface area (Å²) in [5.74, 6) is 0.215. The molecule has 1 aliphatic heterocycles. The molecule has 3 rings (SSSR count). The maximum atomic E-state index is 12.6. The van der Waals surface area contributed by atoms with Crippen LogP contribution in [0, 0.1) is 0 Å². The molecule has 3 heteroatoms. The predicted octanol–water partition coefficient (Wildman–Crippen LogP) is 1.70. The number of aliphatic hydroxyl groups excluding tert-OH is 1. The lowest BCUT2D eigenvalue weighted by atomic mass is 9.93. The van der Waals surface area contributed by atoms with Crippen LogP contribution in [0.15, 0.2) is 30.3 Å². The molecule has 1 heterocycles. The molecule has 1 saturated carbocycles. The van der Waals surface area contributed by atoms with E-state index in [1.165, 1.54) is 0 Å². The van der Waals surface area contributed by atoms with E-state index in [-0.39, 0.29) is 17.4 Å². The summed E-state index contributed by atoms with van der Waals surface area (Å²) in [5.41, 5.74) is 0.855. The SMILES string of the molecule is O=C(N1CCCC(O)C1)C1(c2ccccc2)CC1. The molecule has 0 bridgehead atoms. The fourth-order valence-electron chi connectivity index (χ4n) is 2.95. The normalized spacial score (nSPS) is 25.8. The van der Waals surface area contributed by atoms with E-state index in [2.05, 4.69) is 0 Å². The van der Waals surface area contributed by atoms with E-state index >= 15 is 0 Å². The zero-order valence-electron chi connectivity index (χ0n) is 10.5. The van der Waals surface area contributed by atoms with Crippen molar-refractivity contribution >= 4 is 5.91 Å². The van der Waals surface area contributed by atoms with Crippen molar-refractivity contribution in [3.8, 4) is 0 Å². The van der Waals surface area contributed by atoms with Crippen molar-refractivity contribution in [2.24, 2.45) is 0 Å². The van der Waals surface area contributed by atoms with Crippen molar-refractivity contribution < 1.29 is 9.90 Å².